The van der Waals surface area contributed by atoms with Crippen LogP contribution in [0.4, 0.5) is 0 Å². The maximum absolute atomic E-state index is 12.7. The Hall–Kier alpha value is -3.28. The fraction of sp³-hybridized carbons (Fsp3) is 0.158. The number of pyridine rings is 1. The topological polar surface area (TPSA) is 71.6 Å². The highest BCUT2D eigenvalue weighted by molar-refractivity contribution is 5.97. The summed E-state index contributed by atoms with van der Waals surface area (Å²) in [5, 5.41) is 0.821. The maximum atomic E-state index is 12.7. The lowest BCUT2D eigenvalue weighted by Gasteiger charge is -2.17. The Labute approximate surface area is 143 Å². The fourth-order valence-corrected chi connectivity index (χ4v) is 2.90. The molecule has 0 spiro atoms. The zero-order valence-corrected chi connectivity index (χ0v) is 13.6. The first-order valence-electron chi connectivity index (χ1n) is 7.88. The van der Waals surface area contributed by atoms with Crippen LogP contribution in [0.15, 0.2) is 53.3 Å². The second kappa shape index (κ2) is 5.98. The summed E-state index contributed by atoms with van der Waals surface area (Å²) in [7, 11) is 1.67. The molecule has 0 fully saturated rings. The van der Waals surface area contributed by atoms with E-state index in [4.69, 9.17) is 9.47 Å². The number of carbonyl (C=O) groups excluding carboxylic acids is 1. The van der Waals surface area contributed by atoms with Crippen molar-refractivity contribution in [2.75, 3.05) is 13.8 Å². The average molecular weight is 336 g/mol. The van der Waals surface area contributed by atoms with Crippen molar-refractivity contribution in [2.24, 2.45) is 0 Å². The van der Waals surface area contributed by atoms with Gasteiger partial charge in [0.05, 0.1) is 0 Å². The van der Waals surface area contributed by atoms with Gasteiger partial charge in [-0.3, -0.25) is 9.59 Å². The SMILES string of the molecule is CN(Cc1ccc2c(c1)OCO2)C(=O)c1cc2ccccc2[nH]c1=O. The molecule has 1 amide bonds. The number of ether oxygens (including phenoxy) is 2. The zero-order chi connectivity index (χ0) is 17.4. The number of amides is 1. The summed E-state index contributed by atoms with van der Waals surface area (Å²) in [6, 6.07) is 14.5. The summed E-state index contributed by atoms with van der Waals surface area (Å²) in [5.41, 5.74) is 1.35. The molecule has 126 valence electrons. The summed E-state index contributed by atoms with van der Waals surface area (Å²) in [4.78, 5) is 29.2. The van der Waals surface area contributed by atoms with Crippen LogP contribution in [0.5, 0.6) is 11.5 Å². The molecule has 6 nitrogen and oxygen atoms in total. The lowest BCUT2D eigenvalue weighted by atomic mass is 10.1. The molecule has 2 aromatic carbocycles. The van der Waals surface area contributed by atoms with Crippen molar-refractivity contribution in [1.29, 1.82) is 0 Å². The Morgan fingerprint density at radius 2 is 1.92 bits per heavy atom. The van der Waals surface area contributed by atoms with Crippen molar-refractivity contribution in [3.05, 3.63) is 70.0 Å². The van der Waals surface area contributed by atoms with E-state index in [-0.39, 0.29) is 23.8 Å². The molecule has 0 saturated heterocycles. The van der Waals surface area contributed by atoms with Crippen LogP contribution in [0.1, 0.15) is 15.9 Å². The minimum Gasteiger partial charge on any atom is -0.454 e. The summed E-state index contributed by atoms with van der Waals surface area (Å²) in [5.74, 6) is 1.04. The van der Waals surface area contributed by atoms with E-state index < -0.39 is 0 Å². The predicted octanol–water partition coefficient (Wildman–Crippen LogP) is 2.53. The first-order chi connectivity index (χ1) is 12.1. The Balaban J connectivity index is 1.60. The third-order valence-corrected chi connectivity index (χ3v) is 4.19. The average Bonchev–Trinajstić information content (AvgIpc) is 3.08. The second-order valence-electron chi connectivity index (χ2n) is 5.95. The van der Waals surface area contributed by atoms with Crippen LogP contribution in [-0.2, 0) is 6.54 Å². The number of hydrogen-bond acceptors (Lipinski definition) is 4. The van der Waals surface area contributed by atoms with Crippen molar-refractivity contribution >= 4 is 16.8 Å². The van der Waals surface area contributed by atoms with Gasteiger partial charge in [-0.1, -0.05) is 24.3 Å². The van der Waals surface area contributed by atoms with Crippen LogP contribution in [0.2, 0.25) is 0 Å². The highest BCUT2D eigenvalue weighted by atomic mass is 16.7. The van der Waals surface area contributed by atoms with Crippen molar-refractivity contribution in [3.63, 3.8) is 0 Å². The normalized spacial score (nSPS) is 12.4. The number of benzene rings is 2. The van der Waals surface area contributed by atoms with Crippen LogP contribution in [0, 0.1) is 0 Å². The van der Waals surface area contributed by atoms with E-state index in [1.165, 1.54) is 4.90 Å². The highest BCUT2D eigenvalue weighted by Crippen LogP contribution is 2.32. The highest BCUT2D eigenvalue weighted by Gasteiger charge is 2.18. The molecule has 0 aliphatic carbocycles. The van der Waals surface area contributed by atoms with Crippen LogP contribution >= 0.6 is 0 Å². The van der Waals surface area contributed by atoms with Crippen molar-refractivity contribution < 1.29 is 14.3 Å². The molecule has 1 aromatic heterocycles. The van der Waals surface area contributed by atoms with E-state index in [0.29, 0.717) is 23.6 Å². The zero-order valence-electron chi connectivity index (χ0n) is 13.6. The fourth-order valence-electron chi connectivity index (χ4n) is 2.90. The third-order valence-electron chi connectivity index (χ3n) is 4.19. The Morgan fingerprint density at radius 1 is 1.12 bits per heavy atom. The van der Waals surface area contributed by atoms with Crippen molar-refractivity contribution in [2.45, 2.75) is 6.54 Å². The first kappa shape index (κ1) is 15.3. The summed E-state index contributed by atoms with van der Waals surface area (Å²) in [6.07, 6.45) is 0. The predicted molar refractivity (Wildman–Crippen MR) is 92.9 cm³/mol. The second-order valence-corrected chi connectivity index (χ2v) is 5.95. The van der Waals surface area contributed by atoms with Gasteiger partial charge in [-0.15, -0.1) is 0 Å². The van der Waals surface area contributed by atoms with E-state index in [2.05, 4.69) is 4.98 Å². The minimum absolute atomic E-state index is 0.127. The molecule has 0 radical (unpaired) electrons. The van der Waals surface area contributed by atoms with Gasteiger partial charge < -0.3 is 19.4 Å². The quantitative estimate of drug-likeness (QED) is 0.798. The molecule has 1 N–H and O–H groups in total. The van der Waals surface area contributed by atoms with E-state index in [0.717, 1.165) is 10.9 Å². The van der Waals surface area contributed by atoms with Crippen LogP contribution in [0.25, 0.3) is 10.9 Å². The van der Waals surface area contributed by atoms with Gasteiger partial charge in [0.25, 0.3) is 11.5 Å². The van der Waals surface area contributed by atoms with Gasteiger partial charge in [-0.05, 0) is 35.2 Å². The number of H-pyrrole nitrogens is 1. The number of nitrogens with one attached hydrogen (secondary N) is 1. The molecule has 6 heteroatoms. The van der Waals surface area contributed by atoms with E-state index >= 15 is 0 Å². The number of fused-ring (bicyclic) bond motifs is 2. The molecule has 0 unspecified atom stereocenters. The lowest BCUT2D eigenvalue weighted by Crippen LogP contribution is -2.31. The smallest absolute Gasteiger partial charge is 0.261 e. The molecule has 0 atom stereocenters. The number of carbonyl (C=O) groups is 1. The molecule has 4 rings (SSSR count). The molecule has 1 aliphatic rings. The summed E-state index contributed by atoms with van der Waals surface area (Å²) < 4.78 is 10.6. The lowest BCUT2D eigenvalue weighted by molar-refractivity contribution is 0.0783. The van der Waals surface area contributed by atoms with Gasteiger partial charge in [0.15, 0.2) is 11.5 Å². The van der Waals surface area contributed by atoms with Gasteiger partial charge >= 0.3 is 0 Å². The molecule has 1 aliphatic heterocycles. The Morgan fingerprint density at radius 3 is 2.80 bits per heavy atom. The minimum atomic E-state index is -0.388. The summed E-state index contributed by atoms with van der Waals surface area (Å²) >= 11 is 0. The van der Waals surface area contributed by atoms with Crippen LogP contribution in [-0.4, -0.2) is 29.6 Å². The summed E-state index contributed by atoms with van der Waals surface area (Å²) in [6.45, 7) is 0.571. The largest absolute Gasteiger partial charge is 0.454 e. The Kier molecular flexibility index (Phi) is 3.65. The molecular weight excluding hydrogens is 320 g/mol. The molecule has 0 bridgehead atoms. The van der Waals surface area contributed by atoms with Crippen molar-refractivity contribution in [3.8, 4) is 11.5 Å². The monoisotopic (exact) mass is 336 g/mol. The number of rotatable bonds is 3. The Bertz CT molecular complexity index is 1030. The molecule has 3 aromatic rings. The molecule has 25 heavy (non-hydrogen) atoms. The number of aromatic nitrogens is 1. The van der Waals surface area contributed by atoms with Crippen LogP contribution in [0.3, 0.4) is 0 Å². The molecule has 2 heterocycles. The number of nitrogens with zero attached hydrogens (tertiary/aromatic N) is 1. The standard InChI is InChI=1S/C19H16N2O4/c1-21(10-12-6-7-16-17(8-12)25-11-24-16)19(23)14-9-13-4-2-3-5-15(13)20-18(14)22/h2-9H,10-11H2,1H3,(H,20,22). The number of para-hydroxylation sites is 1. The van der Waals surface area contributed by atoms with E-state index in [9.17, 15) is 9.59 Å². The van der Waals surface area contributed by atoms with Gasteiger partial charge in [0.2, 0.25) is 6.79 Å². The van der Waals surface area contributed by atoms with Gasteiger partial charge in [0.1, 0.15) is 5.56 Å². The molecular formula is C19H16N2O4. The van der Waals surface area contributed by atoms with E-state index in [1.807, 2.05) is 36.4 Å². The number of hydrogen-bond donors (Lipinski definition) is 1. The van der Waals surface area contributed by atoms with Crippen molar-refractivity contribution in [1.82, 2.24) is 9.88 Å². The van der Waals surface area contributed by atoms with Gasteiger partial charge in [0, 0.05) is 19.1 Å². The first-order valence-corrected chi connectivity index (χ1v) is 7.88. The van der Waals surface area contributed by atoms with Gasteiger partial charge in [-0.2, -0.15) is 0 Å². The maximum Gasteiger partial charge on any atom is 0.261 e. The van der Waals surface area contributed by atoms with Gasteiger partial charge in [-0.25, -0.2) is 0 Å². The number of aromatic amines is 1. The molecule has 0 saturated carbocycles. The van der Waals surface area contributed by atoms with E-state index in [1.54, 1.807) is 19.2 Å². The van der Waals surface area contributed by atoms with Crippen LogP contribution < -0.4 is 15.0 Å². The third kappa shape index (κ3) is 2.82.